The fourth-order valence-corrected chi connectivity index (χ4v) is 2.95. The average Bonchev–Trinajstić information content (AvgIpc) is 2.67. The number of carbonyl (C=O) groups excluding carboxylic acids is 1. The minimum Gasteiger partial charge on any atom is -0.481 e. The van der Waals surface area contributed by atoms with Crippen molar-refractivity contribution in [3.05, 3.63) is 77.9 Å². The lowest BCUT2D eigenvalue weighted by molar-refractivity contribution is -0.127. The molecule has 0 heterocycles. The van der Waals surface area contributed by atoms with Gasteiger partial charge in [-0.05, 0) is 54.3 Å². The summed E-state index contributed by atoms with van der Waals surface area (Å²) >= 11 is 0. The molecule has 3 nitrogen and oxygen atoms in total. The van der Waals surface area contributed by atoms with E-state index in [0.29, 0.717) is 5.75 Å². The van der Waals surface area contributed by atoms with Crippen LogP contribution < -0.4 is 10.1 Å². The van der Waals surface area contributed by atoms with Crippen molar-refractivity contribution in [2.45, 2.75) is 39.3 Å². The lowest BCUT2D eigenvalue weighted by atomic mass is 10.0. The Hall–Kier alpha value is -2.81. The smallest absolute Gasteiger partial charge is 0.261 e. The second-order valence-electron chi connectivity index (χ2n) is 6.59. The second-order valence-corrected chi connectivity index (χ2v) is 6.59. The maximum Gasteiger partial charge on any atom is 0.261 e. The van der Waals surface area contributed by atoms with E-state index in [2.05, 4.69) is 42.6 Å². The molecule has 1 amide bonds. The fourth-order valence-electron chi connectivity index (χ4n) is 2.95. The van der Waals surface area contributed by atoms with E-state index < -0.39 is 6.10 Å². The summed E-state index contributed by atoms with van der Waals surface area (Å²) in [5.74, 6) is 0.580. The maximum absolute atomic E-state index is 12.5. The Balaban J connectivity index is 1.62. The van der Waals surface area contributed by atoms with Gasteiger partial charge in [-0.2, -0.15) is 0 Å². The summed E-state index contributed by atoms with van der Waals surface area (Å²) < 4.78 is 5.85. The maximum atomic E-state index is 12.5. The van der Waals surface area contributed by atoms with Gasteiger partial charge in [-0.15, -0.1) is 0 Å². The molecule has 3 heteroatoms. The van der Waals surface area contributed by atoms with E-state index in [1.165, 1.54) is 5.56 Å². The molecule has 0 aliphatic rings. The molecule has 0 bridgehead atoms. The minimum absolute atomic E-state index is 0.0592. The van der Waals surface area contributed by atoms with Crippen molar-refractivity contribution in [1.29, 1.82) is 0 Å². The first-order valence-electron chi connectivity index (χ1n) is 9.11. The van der Waals surface area contributed by atoms with Gasteiger partial charge in [0.1, 0.15) is 5.75 Å². The molecule has 2 atom stereocenters. The number of rotatable bonds is 6. The first kappa shape index (κ1) is 18.0. The third-order valence-corrected chi connectivity index (χ3v) is 4.65. The van der Waals surface area contributed by atoms with Crippen LogP contribution in [0.5, 0.6) is 5.75 Å². The molecule has 2 unspecified atom stereocenters. The van der Waals surface area contributed by atoms with Crippen LogP contribution in [0.15, 0.2) is 66.7 Å². The normalized spacial score (nSPS) is 13.2. The molecule has 0 fully saturated rings. The van der Waals surface area contributed by atoms with Crippen LogP contribution in [0, 0.1) is 0 Å². The lowest BCUT2D eigenvalue weighted by Gasteiger charge is -2.19. The van der Waals surface area contributed by atoms with E-state index in [0.717, 1.165) is 22.8 Å². The van der Waals surface area contributed by atoms with E-state index in [1.807, 2.05) is 43.3 Å². The average molecular weight is 347 g/mol. The quantitative estimate of drug-likeness (QED) is 0.678. The predicted octanol–water partition coefficient (Wildman–Crippen LogP) is 5.05. The zero-order chi connectivity index (χ0) is 18.5. The van der Waals surface area contributed by atoms with Crippen molar-refractivity contribution in [3.8, 4) is 5.75 Å². The van der Waals surface area contributed by atoms with E-state index in [-0.39, 0.29) is 11.9 Å². The van der Waals surface area contributed by atoms with Gasteiger partial charge >= 0.3 is 0 Å². The molecule has 3 rings (SSSR count). The highest BCUT2D eigenvalue weighted by atomic mass is 16.5. The first-order valence-corrected chi connectivity index (χ1v) is 9.11. The Morgan fingerprint density at radius 2 is 1.65 bits per heavy atom. The van der Waals surface area contributed by atoms with Gasteiger partial charge in [0, 0.05) is 0 Å². The Kier molecular flexibility index (Phi) is 5.57. The zero-order valence-electron chi connectivity index (χ0n) is 15.5. The van der Waals surface area contributed by atoms with Crippen LogP contribution in [0.4, 0.5) is 0 Å². The molecule has 1 N–H and O–H groups in total. The van der Waals surface area contributed by atoms with Crippen LogP contribution >= 0.6 is 0 Å². The van der Waals surface area contributed by atoms with Crippen LogP contribution in [0.1, 0.15) is 37.9 Å². The van der Waals surface area contributed by atoms with Crippen molar-refractivity contribution in [2.24, 2.45) is 0 Å². The highest BCUT2D eigenvalue weighted by molar-refractivity contribution is 5.84. The summed E-state index contributed by atoms with van der Waals surface area (Å²) in [6.45, 7) is 5.89. The molecule has 0 radical (unpaired) electrons. The Bertz CT molecular complexity index is 886. The third-order valence-electron chi connectivity index (χ3n) is 4.65. The molecule has 0 saturated heterocycles. The monoisotopic (exact) mass is 347 g/mol. The predicted molar refractivity (Wildman–Crippen MR) is 106 cm³/mol. The van der Waals surface area contributed by atoms with E-state index in [9.17, 15) is 4.79 Å². The summed E-state index contributed by atoms with van der Waals surface area (Å²) in [4.78, 5) is 12.5. The van der Waals surface area contributed by atoms with E-state index in [4.69, 9.17) is 4.74 Å². The summed E-state index contributed by atoms with van der Waals surface area (Å²) in [7, 11) is 0. The molecular formula is C23H25NO2. The van der Waals surface area contributed by atoms with Gasteiger partial charge < -0.3 is 10.1 Å². The number of nitrogens with one attached hydrogen (secondary N) is 1. The Morgan fingerprint density at radius 3 is 2.35 bits per heavy atom. The summed E-state index contributed by atoms with van der Waals surface area (Å²) in [6.07, 6.45) is 0.450. The molecule has 0 aliphatic heterocycles. The number of fused-ring (bicyclic) bond motifs is 1. The van der Waals surface area contributed by atoms with E-state index >= 15 is 0 Å². The largest absolute Gasteiger partial charge is 0.481 e. The minimum atomic E-state index is -0.562. The van der Waals surface area contributed by atoms with Crippen molar-refractivity contribution in [2.75, 3.05) is 0 Å². The summed E-state index contributed by atoms with van der Waals surface area (Å²) in [5.41, 5.74) is 2.38. The fraction of sp³-hybridized carbons (Fsp3) is 0.261. The van der Waals surface area contributed by atoms with Gasteiger partial charge in [0.05, 0.1) is 6.04 Å². The number of amides is 1. The van der Waals surface area contributed by atoms with Gasteiger partial charge in [-0.3, -0.25) is 4.79 Å². The highest BCUT2D eigenvalue weighted by Crippen LogP contribution is 2.22. The Morgan fingerprint density at radius 1 is 0.962 bits per heavy atom. The van der Waals surface area contributed by atoms with Gasteiger partial charge in [0.25, 0.3) is 5.91 Å². The molecule has 0 aliphatic carbocycles. The molecular weight excluding hydrogens is 322 g/mol. The molecule has 134 valence electrons. The highest BCUT2D eigenvalue weighted by Gasteiger charge is 2.18. The molecule has 26 heavy (non-hydrogen) atoms. The van der Waals surface area contributed by atoms with Crippen LogP contribution in [-0.4, -0.2) is 12.0 Å². The van der Waals surface area contributed by atoms with Crippen molar-refractivity contribution >= 4 is 16.7 Å². The first-order chi connectivity index (χ1) is 12.6. The number of hydrogen-bond acceptors (Lipinski definition) is 2. The molecule has 3 aromatic rings. The Labute approximate surface area is 155 Å². The van der Waals surface area contributed by atoms with Gasteiger partial charge in [0.2, 0.25) is 0 Å². The van der Waals surface area contributed by atoms with Crippen LogP contribution in [0.3, 0.4) is 0 Å². The van der Waals surface area contributed by atoms with Crippen molar-refractivity contribution in [3.63, 3.8) is 0 Å². The zero-order valence-corrected chi connectivity index (χ0v) is 15.5. The van der Waals surface area contributed by atoms with Crippen molar-refractivity contribution < 1.29 is 9.53 Å². The molecule has 0 saturated carbocycles. The van der Waals surface area contributed by atoms with Gasteiger partial charge in [-0.1, -0.05) is 61.5 Å². The topological polar surface area (TPSA) is 38.3 Å². The van der Waals surface area contributed by atoms with Crippen molar-refractivity contribution in [1.82, 2.24) is 5.32 Å². The third kappa shape index (κ3) is 4.23. The molecule has 3 aromatic carbocycles. The number of benzene rings is 3. The second kappa shape index (κ2) is 8.05. The molecule has 0 aromatic heterocycles. The molecule has 0 spiro atoms. The van der Waals surface area contributed by atoms with Crippen LogP contribution in [0.25, 0.3) is 10.8 Å². The number of aryl methyl sites for hydroxylation is 1. The lowest BCUT2D eigenvalue weighted by Crippen LogP contribution is -2.37. The van der Waals surface area contributed by atoms with Gasteiger partial charge in [-0.25, -0.2) is 0 Å². The number of ether oxygens (including phenoxy) is 1. The van der Waals surface area contributed by atoms with Crippen LogP contribution in [-0.2, 0) is 11.2 Å². The number of hydrogen-bond donors (Lipinski definition) is 1. The SMILES string of the molecule is CCc1ccc(C(C)NC(=O)C(C)Oc2ccc3ccccc3c2)cc1. The van der Waals surface area contributed by atoms with Crippen LogP contribution in [0.2, 0.25) is 0 Å². The summed E-state index contributed by atoms with van der Waals surface area (Å²) in [6, 6.07) is 22.3. The standard InChI is InChI=1S/C23H25NO2/c1-4-18-9-11-19(12-10-18)16(2)24-23(25)17(3)26-22-14-13-20-7-5-6-8-21(20)15-22/h5-17H,4H2,1-3H3,(H,24,25). The van der Waals surface area contributed by atoms with E-state index in [1.54, 1.807) is 6.92 Å². The van der Waals surface area contributed by atoms with Gasteiger partial charge in [0.15, 0.2) is 6.10 Å². The number of carbonyl (C=O) groups is 1. The summed E-state index contributed by atoms with van der Waals surface area (Å²) in [5, 5.41) is 5.28.